The fraction of sp³-hybridized carbons (Fsp3) is 0.391. The fourth-order valence-corrected chi connectivity index (χ4v) is 3.62. The summed E-state index contributed by atoms with van der Waals surface area (Å²) in [5.41, 5.74) is 2.80. The van der Waals surface area contributed by atoms with Gasteiger partial charge in [0.25, 0.3) is 5.91 Å². The highest BCUT2D eigenvalue weighted by molar-refractivity contribution is 6.01. The van der Waals surface area contributed by atoms with Crippen LogP contribution in [0.4, 0.5) is 0 Å². The van der Waals surface area contributed by atoms with Gasteiger partial charge in [-0.3, -0.25) is 4.79 Å². The second-order valence-electron chi connectivity index (χ2n) is 7.34. The molecule has 0 radical (unpaired) electrons. The van der Waals surface area contributed by atoms with Crippen LogP contribution in [0.2, 0.25) is 0 Å². The molecule has 140 valence electrons. The van der Waals surface area contributed by atoms with E-state index in [1.807, 2.05) is 42.5 Å². The van der Waals surface area contributed by atoms with Gasteiger partial charge in [0.2, 0.25) is 0 Å². The summed E-state index contributed by atoms with van der Waals surface area (Å²) in [6.45, 7) is 6.36. The van der Waals surface area contributed by atoms with Crippen molar-refractivity contribution in [2.75, 3.05) is 26.2 Å². The van der Waals surface area contributed by atoms with Gasteiger partial charge in [-0.2, -0.15) is 5.26 Å². The Kier molecular flexibility index (Phi) is 6.62. The lowest BCUT2D eigenvalue weighted by Crippen LogP contribution is -2.35. The lowest BCUT2D eigenvalue weighted by atomic mass is 9.95. The summed E-state index contributed by atoms with van der Waals surface area (Å²) in [7, 11) is 0. The van der Waals surface area contributed by atoms with Gasteiger partial charge >= 0.3 is 0 Å². The van der Waals surface area contributed by atoms with Crippen LogP contribution in [0.15, 0.2) is 48.5 Å². The Morgan fingerprint density at radius 2 is 1.78 bits per heavy atom. The van der Waals surface area contributed by atoms with Crippen molar-refractivity contribution in [1.29, 1.82) is 5.26 Å². The molecule has 2 aromatic carbocycles. The molecule has 0 spiro atoms. The van der Waals surface area contributed by atoms with E-state index in [1.54, 1.807) is 6.07 Å². The molecule has 0 atom stereocenters. The number of nitrogens with one attached hydrogen (secondary N) is 1. The van der Waals surface area contributed by atoms with Gasteiger partial charge in [-0.1, -0.05) is 43.3 Å². The number of nitrogens with zero attached hydrogens (tertiary/aromatic N) is 2. The zero-order valence-corrected chi connectivity index (χ0v) is 15.9. The first-order valence-corrected chi connectivity index (χ1v) is 9.78. The second-order valence-corrected chi connectivity index (χ2v) is 7.34. The first kappa shape index (κ1) is 19.1. The third-order valence-electron chi connectivity index (χ3n) is 5.32. The topological polar surface area (TPSA) is 56.1 Å². The number of carbonyl (C=O) groups excluding carboxylic acids is 1. The molecule has 1 N–H and O–H groups in total. The van der Waals surface area contributed by atoms with Crippen molar-refractivity contribution in [3.05, 3.63) is 59.7 Å². The molecule has 1 aliphatic rings. The summed E-state index contributed by atoms with van der Waals surface area (Å²) in [6.07, 6.45) is 3.51. The summed E-state index contributed by atoms with van der Waals surface area (Å²) < 4.78 is 0. The number of hydrogen-bond donors (Lipinski definition) is 1. The normalized spacial score (nSPS) is 15.3. The van der Waals surface area contributed by atoms with Crippen molar-refractivity contribution in [2.24, 2.45) is 5.92 Å². The highest BCUT2D eigenvalue weighted by atomic mass is 16.1. The smallest absolute Gasteiger partial charge is 0.251 e. The third-order valence-corrected chi connectivity index (χ3v) is 5.32. The lowest BCUT2D eigenvalue weighted by molar-refractivity contribution is 0.0951. The minimum absolute atomic E-state index is 0.0781. The van der Waals surface area contributed by atoms with Crippen LogP contribution < -0.4 is 5.32 Å². The van der Waals surface area contributed by atoms with Crippen molar-refractivity contribution in [3.8, 4) is 17.2 Å². The Hall–Kier alpha value is -2.64. The molecule has 1 saturated heterocycles. The molecule has 3 rings (SSSR count). The Balaban J connectivity index is 1.60. The highest BCUT2D eigenvalue weighted by Gasteiger charge is 2.16. The van der Waals surface area contributed by atoms with Gasteiger partial charge in [0.1, 0.15) is 0 Å². The van der Waals surface area contributed by atoms with Gasteiger partial charge < -0.3 is 10.2 Å². The summed E-state index contributed by atoms with van der Waals surface area (Å²) in [5.74, 6) is 0.763. The average molecular weight is 361 g/mol. The highest BCUT2D eigenvalue weighted by Crippen LogP contribution is 2.26. The van der Waals surface area contributed by atoms with E-state index < -0.39 is 0 Å². The minimum Gasteiger partial charge on any atom is -0.352 e. The first-order valence-electron chi connectivity index (χ1n) is 9.78. The predicted octanol–water partition coefficient (Wildman–Crippen LogP) is 4.08. The molecule has 0 bridgehead atoms. The largest absolute Gasteiger partial charge is 0.352 e. The Morgan fingerprint density at radius 3 is 2.52 bits per heavy atom. The van der Waals surface area contributed by atoms with Gasteiger partial charge in [0.05, 0.1) is 11.6 Å². The number of hydrogen-bond acceptors (Lipinski definition) is 3. The van der Waals surface area contributed by atoms with Crippen molar-refractivity contribution >= 4 is 5.91 Å². The summed E-state index contributed by atoms with van der Waals surface area (Å²) in [5, 5.41) is 12.4. The molecular formula is C23H27N3O. The molecule has 0 unspecified atom stereocenters. The third kappa shape index (κ3) is 4.96. The summed E-state index contributed by atoms with van der Waals surface area (Å²) in [6, 6.07) is 17.1. The molecule has 4 nitrogen and oxygen atoms in total. The van der Waals surface area contributed by atoms with E-state index in [-0.39, 0.29) is 5.91 Å². The molecule has 1 heterocycles. The van der Waals surface area contributed by atoms with Crippen LogP contribution in [0.1, 0.15) is 42.1 Å². The lowest BCUT2D eigenvalue weighted by Gasteiger charge is -2.30. The second kappa shape index (κ2) is 9.34. The van der Waals surface area contributed by atoms with Gasteiger partial charge in [0, 0.05) is 17.7 Å². The van der Waals surface area contributed by atoms with E-state index in [0.717, 1.165) is 30.0 Å². The van der Waals surface area contributed by atoms with E-state index in [1.165, 1.54) is 25.9 Å². The molecule has 2 aromatic rings. The van der Waals surface area contributed by atoms with Crippen LogP contribution in [-0.2, 0) is 0 Å². The number of likely N-dealkylation sites (tertiary alicyclic amines) is 1. The first-order chi connectivity index (χ1) is 13.2. The SMILES string of the molecule is CC1CCN(CCCNC(=O)c2ccccc2-c2ccccc2C#N)CC1. The molecular weight excluding hydrogens is 334 g/mol. The fourth-order valence-electron chi connectivity index (χ4n) is 3.62. The van der Waals surface area contributed by atoms with Crippen molar-refractivity contribution in [2.45, 2.75) is 26.2 Å². The molecule has 4 heteroatoms. The maximum atomic E-state index is 12.7. The number of rotatable bonds is 6. The molecule has 27 heavy (non-hydrogen) atoms. The zero-order chi connectivity index (χ0) is 19.1. The van der Waals surface area contributed by atoms with E-state index in [4.69, 9.17) is 0 Å². The maximum absolute atomic E-state index is 12.7. The van der Waals surface area contributed by atoms with Crippen molar-refractivity contribution in [3.63, 3.8) is 0 Å². The number of nitriles is 1. The molecule has 1 amide bonds. The Bertz CT molecular complexity index is 816. The zero-order valence-electron chi connectivity index (χ0n) is 15.9. The molecule has 0 saturated carbocycles. The van der Waals surface area contributed by atoms with E-state index in [9.17, 15) is 10.1 Å². The maximum Gasteiger partial charge on any atom is 0.251 e. The van der Waals surface area contributed by atoms with Crippen molar-refractivity contribution < 1.29 is 4.79 Å². The van der Waals surface area contributed by atoms with Crippen LogP contribution in [0, 0.1) is 17.2 Å². The van der Waals surface area contributed by atoms with Gasteiger partial charge in [-0.05, 0) is 62.5 Å². The van der Waals surface area contributed by atoms with E-state index >= 15 is 0 Å². The quantitative estimate of drug-likeness (QED) is 0.789. The molecule has 0 aromatic heterocycles. The predicted molar refractivity (Wildman–Crippen MR) is 108 cm³/mol. The van der Waals surface area contributed by atoms with Crippen LogP contribution in [-0.4, -0.2) is 37.0 Å². The van der Waals surface area contributed by atoms with E-state index in [2.05, 4.69) is 23.2 Å². The monoisotopic (exact) mass is 361 g/mol. The standard InChI is InChI=1S/C23H27N3O/c1-18-11-15-26(16-12-18)14-6-13-25-23(27)22-10-5-4-9-21(22)20-8-3-2-7-19(20)17-24/h2-5,7-10,18H,6,11-16H2,1H3,(H,25,27). The minimum atomic E-state index is -0.0781. The van der Waals surface area contributed by atoms with Crippen LogP contribution >= 0.6 is 0 Å². The van der Waals surface area contributed by atoms with Crippen LogP contribution in [0.5, 0.6) is 0 Å². The van der Waals surface area contributed by atoms with Crippen LogP contribution in [0.3, 0.4) is 0 Å². The number of carbonyl (C=O) groups is 1. The van der Waals surface area contributed by atoms with Gasteiger partial charge in [-0.25, -0.2) is 0 Å². The number of benzene rings is 2. The molecule has 0 aliphatic carbocycles. The Labute approximate surface area is 161 Å². The van der Waals surface area contributed by atoms with Crippen LogP contribution in [0.25, 0.3) is 11.1 Å². The molecule has 1 fully saturated rings. The van der Waals surface area contributed by atoms with Gasteiger partial charge in [-0.15, -0.1) is 0 Å². The molecule has 1 aliphatic heterocycles. The number of piperidine rings is 1. The average Bonchev–Trinajstić information content (AvgIpc) is 2.72. The van der Waals surface area contributed by atoms with E-state index in [0.29, 0.717) is 17.7 Å². The van der Waals surface area contributed by atoms with Crippen molar-refractivity contribution in [1.82, 2.24) is 10.2 Å². The van der Waals surface area contributed by atoms with Gasteiger partial charge in [0.15, 0.2) is 0 Å². The Morgan fingerprint density at radius 1 is 1.11 bits per heavy atom. The summed E-state index contributed by atoms with van der Waals surface area (Å²) >= 11 is 0. The number of amides is 1. The summed E-state index contributed by atoms with van der Waals surface area (Å²) in [4.78, 5) is 15.2.